The molecule has 0 aliphatic heterocycles. The van der Waals surface area contributed by atoms with E-state index < -0.39 is 0 Å². The van der Waals surface area contributed by atoms with Crippen LogP contribution in [0.1, 0.15) is 0 Å². The van der Waals surface area contributed by atoms with Gasteiger partial charge in [0.1, 0.15) is 16.2 Å². The highest BCUT2D eigenvalue weighted by atomic mass is 35.5. The predicted octanol–water partition coefficient (Wildman–Crippen LogP) is 1.02. The van der Waals surface area contributed by atoms with E-state index in [0.717, 1.165) is 11.0 Å². The van der Waals surface area contributed by atoms with Gasteiger partial charge in [0.2, 0.25) is 0 Å². The van der Waals surface area contributed by atoms with Crippen LogP contribution in [-0.2, 0) is 7.05 Å². The zero-order valence-electron chi connectivity index (χ0n) is 5.82. The van der Waals surface area contributed by atoms with Crippen molar-refractivity contribution in [3.05, 3.63) is 17.4 Å². The molecule has 0 atom stereocenters. The van der Waals surface area contributed by atoms with Crippen molar-refractivity contribution < 1.29 is 0 Å². The highest BCUT2D eigenvalue weighted by molar-refractivity contribution is 6.29. The van der Waals surface area contributed by atoms with E-state index >= 15 is 0 Å². The zero-order valence-corrected chi connectivity index (χ0v) is 6.58. The van der Waals surface area contributed by atoms with E-state index in [1.807, 2.05) is 7.05 Å². The number of halogens is 1. The van der Waals surface area contributed by atoms with Gasteiger partial charge in [-0.05, 0) is 0 Å². The Morgan fingerprint density at radius 2 is 2.36 bits per heavy atom. The second-order valence-electron chi connectivity index (χ2n) is 2.21. The Bertz CT molecular complexity index is 394. The molecular weight excluding hydrogens is 164 g/mol. The summed E-state index contributed by atoms with van der Waals surface area (Å²) in [5.74, 6) is 0. The van der Waals surface area contributed by atoms with Gasteiger partial charge in [-0.15, -0.1) is 5.10 Å². The van der Waals surface area contributed by atoms with E-state index in [1.54, 1.807) is 16.9 Å². The van der Waals surface area contributed by atoms with E-state index in [0.29, 0.717) is 5.15 Å². The Kier molecular flexibility index (Phi) is 1.29. The molecule has 0 bridgehead atoms. The van der Waals surface area contributed by atoms with Gasteiger partial charge < -0.3 is 0 Å². The van der Waals surface area contributed by atoms with Crippen LogP contribution >= 0.6 is 11.6 Å². The molecule has 0 aliphatic carbocycles. The summed E-state index contributed by atoms with van der Waals surface area (Å²) in [6.07, 6.45) is 1.65. The fourth-order valence-electron chi connectivity index (χ4n) is 0.906. The molecule has 0 radical (unpaired) electrons. The van der Waals surface area contributed by atoms with Crippen molar-refractivity contribution in [3.8, 4) is 0 Å². The average molecular weight is 169 g/mol. The molecular formula is C6H5ClN4. The summed E-state index contributed by atoms with van der Waals surface area (Å²) in [5.41, 5.74) is 1.65. The van der Waals surface area contributed by atoms with Crippen molar-refractivity contribution in [1.82, 2.24) is 20.0 Å². The van der Waals surface area contributed by atoms with Gasteiger partial charge in [-0.2, -0.15) is 0 Å². The maximum Gasteiger partial charge on any atom is 0.131 e. The third-order valence-corrected chi connectivity index (χ3v) is 1.67. The quantitative estimate of drug-likeness (QED) is 0.552. The summed E-state index contributed by atoms with van der Waals surface area (Å²) in [5, 5.41) is 8.12. The minimum absolute atomic E-state index is 0.443. The number of hydrogen-bond donors (Lipinski definition) is 0. The Morgan fingerprint density at radius 3 is 3.18 bits per heavy atom. The highest BCUT2D eigenvalue weighted by Gasteiger charge is 2.00. The molecule has 0 spiro atoms. The fourth-order valence-corrected chi connectivity index (χ4v) is 1.06. The van der Waals surface area contributed by atoms with Crippen molar-refractivity contribution in [2.24, 2.45) is 7.05 Å². The first kappa shape index (κ1) is 6.54. The number of hydrogen-bond acceptors (Lipinski definition) is 3. The lowest BCUT2D eigenvalue weighted by atomic mass is 10.4. The van der Waals surface area contributed by atoms with E-state index in [-0.39, 0.29) is 0 Å². The van der Waals surface area contributed by atoms with E-state index in [1.165, 1.54) is 0 Å². The van der Waals surface area contributed by atoms with Crippen LogP contribution in [0.4, 0.5) is 0 Å². The smallest absolute Gasteiger partial charge is 0.131 e. The van der Waals surface area contributed by atoms with E-state index in [9.17, 15) is 0 Å². The zero-order chi connectivity index (χ0) is 7.84. The average Bonchev–Trinajstić information content (AvgIpc) is 2.32. The van der Waals surface area contributed by atoms with Crippen LogP contribution in [0.15, 0.2) is 12.3 Å². The van der Waals surface area contributed by atoms with Gasteiger partial charge in [0.05, 0.1) is 6.20 Å². The lowest BCUT2D eigenvalue weighted by molar-refractivity contribution is 0.736. The molecule has 2 aromatic rings. The largest absolute Gasteiger partial charge is 0.246 e. The number of rotatable bonds is 0. The molecule has 11 heavy (non-hydrogen) atoms. The first-order chi connectivity index (χ1) is 5.27. The van der Waals surface area contributed by atoms with Crippen LogP contribution in [0, 0.1) is 0 Å². The molecule has 2 rings (SSSR count). The fraction of sp³-hybridized carbons (Fsp3) is 0.167. The predicted molar refractivity (Wildman–Crippen MR) is 41.3 cm³/mol. The lowest BCUT2D eigenvalue weighted by Gasteiger charge is -1.89. The summed E-state index contributed by atoms with van der Waals surface area (Å²) in [6, 6.07) is 1.68. The number of nitrogens with zero attached hydrogens (tertiary/aromatic N) is 4. The van der Waals surface area contributed by atoms with Crippen molar-refractivity contribution >= 4 is 22.6 Å². The van der Waals surface area contributed by atoms with Crippen molar-refractivity contribution in [2.45, 2.75) is 0 Å². The minimum atomic E-state index is 0.443. The second-order valence-corrected chi connectivity index (χ2v) is 2.60. The number of aryl methyl sites for hydroxylation is 1. The van der Waals surface area contributed by atoms with Gasteiger partial charge in [-0.25, -0.2) is 9.67 Å². The number of fused-ring (bicyclic) bond motifs is 1. The molecule has 0 aliphatic rings. The second kappa shape index (κ2) is 2.17. The summed E-state index contributed by atoms with van der Waals surface area (Å²) < 4.78 is 1.65. The van der Waals surface area contributed by atoms with Crippen LogP contribution in [0.2, 0.25) is 5.15 Å². The SMILES string of the molecule is Cn1nnc2cc(Cl)ncc21. The van der Waals surface area contributed by atoms with Gasteiger partial charge in [0, 0.05) is 13.1 Å². The van der Waals surface area contributed by atoms with Crippen LogP contribution in [0.3, 0.4) is 0 Å². The van der Waals surface area contributed by atoms with Crippen LogP contribution < -0.4 is 0 Å². The van der Waals surface area contributed by atoms with Gasteiger partial charge in [0.25, 0.3) is 0 Å². The molecule has 0 fully saturated rings. The summed E-state index contributed by atoms with van der Waals surface area (Å²) >= 11 is 5.64. The Balaban J connectivity index is 2.86. The molecule has 0 aromatic carbocycles. The first-order valence-corrected chi connectivity index (χ1v) is 3.46. The Labute approximate surface area is 67.8 Å². The minimum Gasteiger partial charge on any atom is -0.246 e. The monoisotopic (exact) mass is 168 g/mol. The maximum atomic E-state index is 5.64. The molecule has 0 unspecified atom stereocenters. The standard InChI is InChI=1S/C6H5ClN4/c1-11-5-3-8-6(7)2-4(5)9-10-11/h2-3H,1H3. The summed E-state index contributed by atoms with van der Waals surface area (Å²) in [7, 11) is 1.81. The maximum absolute atomic E-state index is 5.64. The molecule has 0 N–H and O–H groups in total. The third-order valence-electron chi connectivity index (χ3n) is 1.46. The van der Waals surface area contributed by atoms with E-state index in [4.69, 9.17) is 11.6 Å². The van der Waals surface area contributed by atoms with Gasteiger partial charge in [0.15, 0.2) is 0 Å². The third kappa shape index (κ3) is 0.952. The molecule has 56 valence electrons. The molecule has 4 nitrogen and oxygen atoms in total. The molecule has 2 heterocycles. The Hall–Kier alpha value is -1.16. The number of pyridine rings is 1. The lowest BCUT2D eigenvalue weighted by Crippen LogP contribution is -1.89. The Morgan fingerprint density at radius 1 is 1.55 bits per heavy atom. The van der Waals surface area contributed by atoms with Gasteiger partial charge in [-0.1, -0.05) is 16.8 Å². The van der Waals surface area contributed by atoms with Crippen molar-refractivity contribution in [1.29, 1.82) is 0 Å². The topological polar surface area (TPSA) is 43.6 Å². The van der Waals surface area contributed by atoms with Gasteiger partial charge >= 0.3 is 0 Å². The summed E-state index contributed by atoms with van der Waals surface area (Å²) in [6.45, 7) is 0. The van der Waals surface area contributed by atoms with Crippen LogP contribution in [0.25, 0.3) is 11.0 Å². The normalized spacial score (nSPS) is 10.7. The van der Waals surface area contributed by atoms with E-state index in [2.05, 4.69) is 15.3 Å². The number of aromatic nitrogens is 4. The molecule has 2 aromatic heterocycles. The first-order valence-electron chi connectivity index (χ1n) is 3.08. The molecule has 0 saturated carbocycles. The van der Waals surface area contributed by atoms with Crippen molar-refractivity contribution in [2.75, 3.05) is 0 Å². The molecule has 0 amide bonds. The highest BCUT2D eigenvalue weighted by Crippen LogP contribution is 2.12. The van der Waals surface area contributed by atoms with Gasteiger partial charge in [-0.3, -0.25) is 0 Å². The van der Waals surface area contributed by atoms with Crippen molar-refractivity contribution in [3.63, 3.8) is 0 Å². The molecule has 5 heteroatoms. The van der Waals surface area contributed by atoms with Crippen LogP contribution in [0.5, 0.6) is 0 Å². The van der Waals surface area contributed by atoms with Crippen LogP contribution in [-0.4, -0.2) is 20.0 Å². The molecule has 0 saturated heterocycles. The summed E-state index contributed by atoms with van der Waals surface area (Å²) in [4.78, 5) is 3.90.